The van der Waals surface area contributed by atoms with Crippen molar-refractivity contribution in [3.8, 4) is 0 Å². The highest BCUT2D eigenvalue weighted by atomic mass is 35.5. The first-order chi connectivity index (χ1) is 7.22. The molecule has 1 aliphatic carbocycles. The molecule has 15 heavy (non-hydrogen) atoms. The Kier molecular flexibility index (Phi) is 3.32. The van der Waals surface area contributed by atoms with Crippen molar-refractivity contribution >= 4 is 11.6 Å². The van der Waals surface area contributed by atoms with E-state index in [-0.39, 0.29) is 5.38 Å². The molecule has 1 aromatic rings. The summed E-state index contributed by atoms with van der Waals surface area (Å²) in [6.07, 6.45) is 7.70. The molecule has 3 unspecified atom stereocenters. The fourth-order valence-electron chi connectivity index (χ4n) is 2.22. The van der Waals surface area contributed by atoms with Gasteiger partial charge in [-0.05, 0) is 26.2 Å². The summed E-state index contributed by atoms with van der Waals surface area (Å²) in [5, 5.41) is 4.40. The number of hydrogen-bond donors (Lipinski definition) is 0. The summed E-state index contributed by atoms with van der Waals surface area (Å²) in [4.78, 5) is 0. The predicted octanol–water partition coefficient (Wildman–Crippen LogP) is 2.92. The van der Waals surface area contributed by atoms with Crippen molar-refractivity contribution < 1.29 is 4.74 Å². The van der Waals surface area contributed by atoms with E-state index in [1.165, 1.54) is 6.42 Å². The third-order valence-corrected chi connectivity index (χ3v) is 3.39. The van der Waals surface area contributed by atoms with Crippen molar-refractivity contribution in [2.24, 2.45) is 0 Å². The largest absolute Gasteiger partial charge is 0.379 e. The van der Waals surface area contributed by atoms with Crippen molar-refractivity contribution in [2.45, 2.75) is 43.7 Å². The average molecular weight is 229 g/mol. The Bertz CT molecular complexity index is 324. The maximum atomic E-state index is 6.01. The molecule has 0 saturated heterocycles. The van der Waals surface area contributed by atoms with Gasteiger partial charge < -0.3 is 4.74 Å². The first-order valence-corrected chi connectivity index (χ1v) is 5.87. The minimum atomic E-state index is 0.0288. The van der Waals surface area contributed by atoms with E-state index in [9.17, 15) is 0 Å². The molecule has 1 aromatic heterocycles. The lowest BCUT2D eigenvalue weighted by molar-refractivity contribution is 0.0708. The Morgan fingerprint density at radius 1 is 1.60 bits per heavy atom. The molecule has 0 N–H and O–H groups in total. The summed E-state index contributed by atoms with van der Waals surface area (Å²) in [7, 11) is 1.78. The van der Waals surface area contributed by atoms with Gasteiger partial charge in [0.2, 0.25) is 0 Å². The molecule has 0 spiro atoms. The van der Waals surface area contributed by atoms with E-state index >= 15 is 0 Å². The highest BCUT2D eigenvalue weighted by Crippen LogP contribution is 2.32. The van der Waals surface area contributed by atoms with E-state index in [1.54, 1.807) is 7.11 Å². The van der Waals surface area contributed by atoms with Crippen LogP contribution in [-0.4, -0.2) is 23.0 Å². The number of alkyl halides is 1. The van der Waals surface area contributed by atoms with E-state index in [1.807, 2.05) is 24.0 Å². The summed E-state index contributed by atoms with van der Waals surface area (Å²) < 4.78 is 7.46. The van der Waals surface area contributed by atoms with Crippen LogP contribution in [0.2, 0.25) is 0 Å². The second-order valence-corrected chi connectivity index (χ2v) is 4.80. The number of methoxy groups -OCH3 is 1. The van der Waals surface area contributed by atoms with Crippen LogP contribution in [0.15, 0.2) is 12.4 Å². The zero-order chi connectivity index (χ0) is 10.8. The minimum Gasteiger partial charge on any atom is -0.379 e. The highest BCUT2D eigenvalue weighted by molar-refractivity contribution is 6.20. The molecule has 0 aromatic carbocycles. The van der Waals surface area contributed by atoms with Gasteiger partial charge in [0.1, 0.15) is 0 Å². The SMILES string of the molecule is COC1CCCC1n1cc(C(C)Cl)cn1. The third-order valence-electron chi connectivity index (χ3n) is 3.14. The number of hydrogen-bond acceptors (Lipinski definition) is 2. The van der Waals surface area contributed by atoms with Crippen molar-refractivity contribution in [1.82, 2.24) is 9.78 Å². The summed E-state index contributed by atoms with van der Waals surface area (Å²) in [5.74, 6) is 0. The Hall–Kier alpha value is -0.540. The Balaban J connectivity index is 2.14. The van der Waals surface area contributed by atoms with Crippen LogP contribution in [0.3, 0.4) is 0 Å². The van der Waals surface area contributed by atoms with Gasteiger partial charge in [-0.2, -0.15) is 5.10 Å². The van der Waals surface area contributed by atoms with Crippen molar-refractivity contribution in [1.29, 1.82) is 0 Å². The molecule has 84 valence electrons. The Morgan fingerprint density at radius 2 is 2.40 bits per heavy atom. The molecule has 4 heteroatoms. The van der Waals surface area contributed by atoms with Gasteiger partial charge in [0.05, 0.1) is 23.7 Å². The first-order valence-electron chi connectivity index (χ1n) is 5.43. The highest BCUT2D eigenvalue weighted by Gasteiger charge is 2.29. The molecular weight excluding hydrogens is 212 g/mol. The van der Waals surface area contributed by atoms with Gasteiger partial charge in [-0.25, -0.2) is 0 Å². The molecule has 0 amide bonds. The number of rotatable bonds is 3. The van der Waals surface area contributed by atoms with Gasteiger partial charge >= 0.3 is 0 Å². The van der Waals surface area contributed by atoms with Crippen molar-refractivity contribution in [3.63, 3.8) is 0 Å². The van der Waals surface area contributed by atoms with Gasteiger partial charge in [0.25, 0.3) is 0 Å². The standard InChI is InChI=1S/C11H17ClN2O/c1-8(12)9-6-13-14(7-9)10-4-3-5-11(10)15-2/h6-8,10-11H,3-5H2,1-2H3. The Labute approximate surface area is 95.4 Å². The minimum absolute atomic E-state index is 0.0288. The van der Waals surface area contributed by atoms with Gasteiger partial charge in [-0.1, -0.05) is 0 Å². The van der Waals surface area contributed by atoms with Gasteiger partial charge in [-0.15, -0.1) is 11.6 Å². The molecule has 1 aliphatic rings. The molecule has 1 fully saturated rings. The lowest BCUT2D eigenvalue weighted by Crippen LogP contribution is -2.20. The van der Waals surface area contributed by atoms with E-state index in [0.29, 0.717) is 12.1 Å². The normalized spacial score (nSPS) is 28.2. The summed E-state index contributed by atoms with van der Waals surface area (Å²) in [6.45, 7) is 1.96. The number of halogens is 1. The first kappa shape index (κ1) is 11.0. The molecule has 3 nitrogen and oxygen atoms in total. The zero-order valence-corrected chi connectivity index (χ0v) is 9.94. The Morgan fingerprint density at radius 3 is 3.00 bits per heavy atom. The lowest BCUT2D eigenvalue weighted by Gasteiger charge is -2.18. The number of aromatic nitrogens is 2. The fraction of sp³-hybridized carbons (Fsp3) is 0.727. The molecule has 0 radical (unpaired) electrons. The van der Waals surface area contributed by atoms with E-state index < -0.39 is 0 Å². The monoisotopic (exact) mass is 228 g/mol. The summed E-state index contributed by atoms with van der Waals surface area (Å²) >= 11 is 6.01. The van der Waals surface area contributed by atoms with E-state index in [2.05, 4.69) is 5.10 Å². The second-order valence-electron chi connectivity index (χ2n) is 4.14. The van der Waals surface area contributed by atoms with Crippen molar-refractivity contribution in [2.75, 3.05) is 7.11 Å². The van der Waals surface area contributed by atoms with Crippen molar-refractivity contribution in [3.05, 3.63) is 18.0 Å². The van der Waals surface area contributed by atoms with Crippen LogP contribution in [0.1, 0.15) is 43.2 Å². The number of nitrogens with zero attached hydrogens (tertiary/aromatic N) is 2. The smallest absolute Gasteiger partial charge is 0.0795 e. The molecule has 2 rings (SSSR count). The van der Waals surface area contributed by atoms with E-state index in [0.717, 1.165) is 18.4 Å². The van der Waals surface area contributed by atoms with Gasteiger partial charge in [0, 0.05) is 18.9 Å². The third kappa shape index (κ3) is 2.18. The topological polar surface area (TPSA) is 27.1 Å². The molecular formula is C11H17ClN2O. The van der Waals surface area contributed by atoms with Gasteiger partial charge in [0.15, 0.2) is 0 Å². The van der Waals surface area contributed by atoms with Crippen LogP contribution in [0, 0.1) is 0 Å². The van der Waals surface area contributed by atoms with Gasteiger partial charge in [-0.3, -0.25) is 4.68 Å². The van der Waals surface area contributed by atoms with Crippen LogP contribution in [0.5, 0.6) is 0 Å². The molecule has 1 heterocycles. The van der Waals surface area contributed by atoms with Crippen LogP contribution in [0.4, 0.5) is 0 Å². The van der Waals surface area contributed by atoms with E-state index in [4.69, 9.17) is 16.3 Å². The predicted molar refractivity (Wildman–Crippen MR) is 60.2 cm³/mol. The molecule has 0 bridgehead atoms. The molecule has 3 atom stereocenters. The molecule has 1 saturated carbocycles. The van der Waals surface area contributed by atoms with Crippen LogP contribution >= 0.6 is 11.6 Å². The molecule has 0 aliphatic heterocycles. The van der Waals surface area contributed by atoms with Crippen LogP contribution in [-0.2, 0) is 4.74 Å². The van der Waals surface area contributed by atoms with Crippen LogP contribution in [0.25, 0.3) is 0 Å². The number of ether oxygens (including phenoxy) is 1. The zero-order valence-electron chi connectivity index (χ0n) is 9.19. The summed E-state index contributed by atoms with van der Waals surface area (Å²) in [5.41, 5.74) is 1.08. The lowest BCUT2D eigenvalue weighted by atomic mass is 10.2. The van der Waals surface area contributed by atoms with Crippen LogP contribution < -0.4 is 0 Å². The maximum absolute atomic E-state index is 6.01. The second kappa shape index (κ2) is 4.54. The quantitative estimate of drug-likeness (QED) is 0.744. The summed E-state index contributed by atoms with van der Waals surface area (Å²) in [6, 6.07) is 0.388. The fourth-order valence-corrected chi connectivity index (χ4v) is 2.34. The maximum Gasteiger partial charge on any atom is 0.0795 e. The average Bonchev–Trinajstić information content (AvgIpc) is 2.85.